The number of hydrogen-bond acceptors (Lipinski definition) is 5. The van der Waals surface area contributed by atoms with Crippen molar-refractivity contribution in [3.8, 4) is 0 Å². The molecular weight excluding hydrogens is 169 g/mol. The van der Waals surface area contributed by atoms with Crippen molar-refractivity contribution in [2.24, 2.45) is 0 Å². The summed E-state index contributed by atoms with van der Waals surface area (Å²) in [5, 5.41) is 0. The third-order valence-corrected chi connectivity index (χ3v) is 2.22. The van der Waals surface area contributed by atoms with Crippen molar-refractivity contribution < 1.29 is 19.2 Å². The highest BCUT2D eigenvalue weighted by Gasteiger charge is 2.39. The summed E-state index contributed by atoms with van der Waals surface area (Å²) in [5.74, 6) is 0. The van der Waals surface area contributed by atoms with E-state index in [0.717, 1.165) is 13.0 Å². The summed E-state index contributed by atoms with van der Waals surface area (Å²) >= 11 is 0. The van der Waals surface area contributed by atoms with Crippen LogP contribution in [0.1, 0.15) is 6.42 Å². The van der Waals surface area contributed by atoms with Crippen LogP contribution >= 0.6 is 8.17 Å². The van der Waals surface area contributed by atoms with Crippen molar-refractivity contribution in [1.82, 2.24) is 4.90 Å². The number of rotatable bonds is 2. The second kappa shape index (κ2) is 3.31. The maximum Gasteiger partial charge on any atom is 0.567 e. The molecule has 1 aliphatic heterocycles. The smallest absolute Gasteiger partial charge is 0.304 e. The Bertz CT molecular complexity index is 137. The van der Waals surface area contributed by atoms with Crippen molar-refractivity contribution in [3.05, 3.63) is 0 Å². The molecular formula is C5H13NO4P+. The van der Waals surface area contributed by atoms with E-state index in [1.807, 2.05) is 11.9 Å². The minimum Gasteiger partial charge on any atom is -0.304 e. The topological polar surface area (TPSA) is 73.2 Å². The zero-order valence-electron chi connectivity index (χ0n) is 6.34. The van der Waals surface area contributed by atoms with Crippen LogP contribution in [0.15, 0.2) is 0 Å². The van der Waals surface area contributed by atoms with Crippen molar-refractivity contribution in [2.45, 2.75) is 12.5 Å². The summed E-state index contributed by atoms with van der Waals surface area (Å²) in [5.41, 5.74) is 0. The lowest BCUT2D eigenvalue weighted by Crippen LogP contribution is -2.19. The highest BCUT2D eigenvalue weighted by Crippen LogP contribution is 2.48. The molecule has 0 bridgehead atoms. The normalized spacial score (nSPS) is 27.8. The van der Waals surface area contributed by atoms with Gasteiger partial charge in [-0.2, -0.15) is 14.7 Å². The van der Waals surface area contributed by atoms with E-state index in [9.17, 15) is 0 Å². The lowest BCUT2D eigenvalue weighted by atomic mass is 10.3. The summed E-state index contributed by atoms with van der Waals surface area (Å²) in [6.45, 7) is 1.51. The van der Waals surface area contributed by atoms with Gasteiger partial charge in [0.15, 0.2) is 0 Å². The van der Waals surface area contributed by atoms with Gasteiger partial charge in [-0.1, -0.05) is 0 Å². The maximum absolute atomic E-state index is 8.55. The van der Waals surface area contributed by atoms with Crippen LogP contribution in [-0.2, 0) is 4.52 Å². The van der Waals surface area contributed by atoms with Crippen LogP contribution in [0.2, 0.25) is 0 Å². The number of likely N-dealkylation sites (N-methyl/N-ethyl adjacent to an activating group) is 1. The molecule has 0 aromatic rings. The average Bonchev–Trinajstić information content (AvgIpc) is 2.10. The van der Waals surface area contributed by atoms with E-state index in [0.29, 0.717) is 6.54 Å². The second-order valence-corrected chi connectivity index (χ2v) is 4.03. The van der Waals surface area contributed by atoms with Gasteiger partial charge in [-0.05, 0) is 13.5 Å². The fourth-order valence-electron chi connectivity index (χ4n) is 1.18. The van der Waals surface area contributed by atoms with Crippen LogP contribution in [0.25, 0.3) is 0 Å². The molecule has 1 aliphatic rings. The molecule has 0 aromatic heterocycles. The van der Waals surface area contributed by atoms with Crippen molar-refractivity contribution in [1.29, 1.82) is 0 Å². The zero-order valence-corrected chi connectivity index (χ0v) is 7.24. The van der Waals surface area contributed by atoms with Crippen molar-refractivity contribution in [2.75, 3.05) is 20.1 Å². The molecule has 0 spiro atoms. The molecule has 0 amide bonds. The molecule has 0 radical (unpaired) electrons. The lowest BCUT2D eigenvalue weighted by molar-refractivity contribution is 0.110. The SMILES string of the molecule is CN1CCC(O[P+](O)(O)O)C1. The quantitative estimate of drug-likeness (QED) is 0.495. The summed E-state index contributed by atoms with van der Waals surface area (Å²) in [7, 11) is -2.11. The average molecular weight is 182 g/mol. The molecule has 1 unspecified atom stereocenters. The van der Waals surface area contributed by atoms with Gasteiger partial charge in [-0.3, -0.25) is 0 Å². The van der Waals surface area contributed by atoms with Gasteiger partial charge in [0, 0.05) is 13.1 Å². The minimum atomic E-state index is -4.02. The molecule has 11 heavy (non-hydrogen) atoms. The van der Waals surface area contributed by atoms with Crippen LogP contribution in [0.3, 0.4) is 0 Å². The third kappa shape index (κ3) is 3.42. The van der Waals surface area contributed by atoms with E-state index >= 15 is 0 Å². The fraction of sp³-hybridized carbons (Fsp3) is 1.00. The Morgan fingerprint density at radius 1 is 1.45 bits per heavy atom. The molecule has 6 heteroatoms. The van der Waals surface area contributed by atoms with Crippen molar-refractivity contribution in [3.63, 3.8) is 0 Å². The Kier molecular flexibility index (Phi) is 2.80. The molecule has 0 saturated carbocycles. The Morgan fingerprint density at radius 3 is 2.45 bits per heavy atom. The summed E-state index contributed by atoms with van der Waals surface area (Å²) < 4.78 is 4.61. The van der Waals surface area contributed by atoms with Gasteiger partial charge < -0.3 is 4.90 Å². The fourth-order valence-corrected chi connectivity index (χ4v) is 1.75. The first-order chi connectivity index (χ1) is 4.97. The molecule has 1 rings (SSSR count). The van der Waals surface area contributed by atoms with Gasteiger partial charge >= 0.3 is 8.17 Å². The molecule has 5 nitrogen and oxygen atoms in total. The zero-order chi connectivity index (χ0) is 8.48. The minimum absolute atomic E-state index is 0.242. The molecule has 1 heterocycles. The summed E-state index contributed by atoms with van der Waals surface area (Å²) in [4.78, 5) is 27.6. The number of nitrogens with zero attached hydrogens (tertiary/aromatic N) is 1. The predicted molar refractivity (Wildman–Crippen MR) is 40.6 cm³/mol. The Labute approximate surface area is 65.9 Å². The third-order valence-electron chi connectivity index (χ3n) is 1.64. The first-order valence-corrected chi connectivity index (χ1v) is 4.98. The maximum atomic E-state index is 8.55. The van der Waals surface area contributed by atoms with E-state index in [1.54, 1.807) is 0 Å². The first-order valence-electron chi connectivity index (χ1n) is 3.41. The molecule has 1 saturated heterocycles. The van der Waals surface area contributed by atoms with Crippen molar-refractivity contribution >= 4 is 8.17 Å². The van der Waals surface area contributed by atoms with Gasteiger partial charge in [0.05, 0.1) is 0 Å². The second-order valence-electron chi connectivity index (χ2n) is 2.79. The van der Waals surface area contributed by atoms with Crippen LogP contribution in [0, 0.1) is 0 Å². The molecule has 1 atom stereocenters. The lowest BCUT2D eigenvalue weighted by Gasteiger charge is -2.09. The Hall–Kier alpha value is 0.230. The number of hydrogen-bond donors (Lipinski definition) is 3. The standard InChI is InChI=1S/C5H13NO4P/c1-6-3-2-5(4-6)10-11(7,8)9/h5,7-9H,2-4H2,1H3/q+1. The van der Waals surface area contributed by atoms with Gasteiger partial charge in [-0.15, -0.1) is 4.52 Å². The van der Waals surface area contributed by atoms with E-state index in [-0.39, 0.29) is 6.10 Å². The number of likely N-dealkylation sites (tertiary alicyclic amines) is 1. The van der Waals surface area contributed by atoms with Crippen LogP contribution in [0.4, 0.5) is 0 Å². The Balaban J connectivity index is 2.29. The van der Waals surface area contributed by atoms with Crippen LogP contribution < -0.4 is 0 Å². The predicted octanol–water partition coefficient (Wildman–Crippen LogP) is -0.638. The molecule has 1 fully saturated rings. The molecule has 3 N–H and O–H groups in total. The van der Waals surface area contributed by atoms with Crippen LogP contribution in [-0.4, -0.2) is 45.8 Å². The molecule has 0 aromatic carbocycles. The molecule has 66 valence electrons. The monoisotopic (exact) mass is 182 g/mol. The van der Waals surface area contributed by atoms with E-state index in [2.05, 4.69) is 4.52 Å². The van der Waals surface area contributed by atoms with Gasteiger partial charge in [0.25, 0.3) is 0 Å². The highest BCUT2D eigenvalue weighted by molar-refractivity contribution is 7.53. The largest absolute Gasteiger partial charge is 0.567 e. The molecule has 0 aliphatic carbocycles. The van der Waals surface area contributed by atoms with E-state index in [1.165, 1.54) is 0 Å². The van der Waals surface area contributed by atoms with Crippen LogP contribution in [0.5, 0.6) is 0 Å². The Morgan fingerprint density at radius 2 is 2.09 bits per heavy atom. The van der Waals surface area contributed by atoms with Gasteiger partial charge in [-0.25, -0.2) is 0 Å². The van der Waals surface area contributed by atoms with E-state index in [4.69, 9.17) is 14.7 Å². The van der Waals surface area contributed by atoms with Gasteiger partial charge in [0.2, 0.25) is 0 Å². The highest BCUT2D eigenvalue weighted by atomic mass is 31.2. The summed E-state index contributed by atoms with van der Waals surface area (Å²) in [6.07, 6.45) is 0.494. The van der Waals surface area contributed by atoms with Gasteiger partial charge in [0.1, 0.15) is 6.10 Å². The first kappa shape index (κ1) is 9.32. The van der Waals surface area contributed by atoms with E-state index < -0.39 is 8.17 Å². The summed E-state index contributed by atoms with van der Waals surface area (Å²) in [6, 6.07) is 0.